The van der Waals surface area contributed by atoms with Crippen LogP contribution in [0, 0.1) is 0 Å². The standard InChI is InChI=1S/C13H18ClN3O2S2/c14-11-4-3-10(13(15)20)9-12(11)21(18,19)16-5-8-17-6-1-2-7-17/h3-4,9,16H,1-2,5-8H2,(H2,15,20). The Morgan fingerprint density at radius 2 is 2.05 bits per heavy atom. The third-order valence-electron chi connectivity index (χ3n) is 3.42. The fraction of sp³-hybridized carbons (Fsp3) is 0.462. The van der Waals surface area contributed by atoms with Gasteiger partial charge in [0.05, 0.1) is 5.02 Å². The molecule has 1 aliphatic rings. The van der Waals surface area contributed by atoms with Gasteiger partial charge < -0.3 is 10.6 Å². The van der Waals surface area contributed by atoms with Crippen LogP contribution in [0.3, 0.4) is 0 Å². The third-order valence-corrected chi connectivity index (χ3v) is 5.60. The van der Waals surface area contributed by atoms with Crippen molar-refractivity contribution in [1.82, 2.24) is 9.62 Å². The van der Waals surface area contributed by atoms with Crippen molar-refractivity contribution in [3.05, 3.63) is 28.8 Å². The first-order chi connectivity index (χ1) is 9.90. The molecular formula is C13H18ClN3O2S2. The van der Waals surface area contributed by atoms with Gasteiger partial charge in [0.2, 0.25) is 10.0 Å². The second-order valence-corrected chi connectivity index (χ2v) is 7.54. The Morgan fingerprint density at radius 1 is 1.38 bits per heavy atom. The lowest BCUT2D eigenvalue weighted by atomic mass is 10.2. The average molecular weight is 348 g/mol. The Hall–Kier alpha value is -0.730. The maximum atomic E-state index is 12.3. The number of nitrogens with one attached hydrogen (secondary N) is 1. The van der Waals surface area contributed by atoms with Crippen LogP contribution in [-0.2, 0) is 10.0 Å². The van der Waals surface area contributed by atoms with Crippen LogP contribution in [0.2, 0.25) is 5.02 Å². The maximum Gasteiger partial charge on any atom is 0.242 e. The smallest absolute Gasteiger partial charge is 0.242 e. The van der Waals surface area contributed by atoms with E-state index in [1.54, 1.807) is 6.07 Å². The highest BCUT2D eigenvalue weighted by Gasteiger charge is 2.19. The number of thiocarbonyl (C=S) groups is 1. The Bertz CT molecular complexity index is 628. The van der Waals surface area contributed by atoms with Crippen LogP contribution in [0.5, 0.6) is 0 Å². The Labute approximate surface area is 135 Å². The Kier molecular flexibility index (Phi) is 5.56. The number of rotatable bonds is 6. The first kappa shape index (κ1) is 16.6. The van der Waals surface area contributed by atoms with Crippen molar-refractivity contribution in [2.24, 2.45) is 5.73 Å². The minimum atomic E-state index is -3.66. The van der Waals surface area contributed by atoms with Crippen LogP contribution in [0.25, 0.3) is 0 Å². The molecule has 1 fully saturated rings. The van der Waals surface area contributed by atoms with Gasteiger partial charge >= 0.3 is 0 Å². The zero-order valence-corrected chi connectivity index (χ0v) is 13.9. The molecule has 8 heteroatoms. The molecule has 0 spiro atoms. The first-order valence-corrected chi connectivity index (χ1v) is 8.98. The van der Waals surface area contributed by atoms with Gasteiger partial charge in [-0.2, -0.15) is 0 Å². The molecule has 1 aromatic rings. The van der Waals surface area contributed by atoms with Gasteiger partial charge in [-0.15, -0.1) is 0 Å². The highest BCUT2D eigenvalue weighted by molar-refractivity contribution is 7.89. The summed E-state index contributed by atoms with van der Waals surface area (Å²) in [6.07, 6.45) is 2.35. The fourth-order valence-corrected chi connectivity index (χ4v) is 3.96. The molecule has 5 nitrogen and oxygen atoms in total. The van der Waals surface area contributed by atoms with Crippen molar-refractivity contribution < 1.29 is 8.42 Å². The van der Waals surface area contributed by atoms with Crippen LogP contribution < -0.4 is 10.5 Å². The molecule has 0 bridgehead atoms. The lowest BCUT2D eigenvalue weighted by Gasteiger charge is -2.15. The van der Waals surface area contributed by atoms with Crippen molar-refractivity contribution in [1.29, 1.82) is 0 Å². The van der Waals surface area contributed by atoms with E-state index < -0.39 is 10.0 Å². The molecule has 1 saturated heterocycles. The van der Waals surface area contributed by atoms with Crippen molar-refractivity contribution >= 4 is 38.8 Å². The summed E-state index contributed by atoms with van der Waals surface area (Å²) in [5, 5.41) is 0.156. The second kappa shape index (κ2) is 7.02. The van der Waals surface area contributed by atoms with Crippen molar-refractivity contribution in [3.8, 4) is 0 Å². The number of halogens is 1. The molecule has 2 rings (SSSR count). The van der Waals surface area contributed by atoms with E-state index in [2.05, 4.69) is 9.62 Å². The normalized spacial score (nSPS) is 16.2. The number of nitrogens with two attached hydrogens (primary N) is 1. The van der Waals surface area contributed by atoms with Crippen LogP contribution in [0.4, 0.5) is 0 Å². The van der Waals surface area contributed by atoms with Gasteiger partial charge in [-0.05, 0) is 38.1 Å². The SMILES string of the molecule is NC(=S)c1ccc(Cl)c(S(=O)(=O)NCCN2CCCC2)c1. The summed E-state index contributed by atoms with van der Waals surface area (Å²) in [5.41, 5.74) is 6.01. The number of hydrogen-bond acceptors (Lipinski definition) is 4. The monoisotopic (exact) mass is 347 g/mol. The van der Waals surface area contributed by atoms with E-state index in [1.165, 1.54) is 25.0 Å². The van der Waals surface area contributed by atoms with Crippen LogP contribution in [0.15, 0.2) is 23.1 Å². The predicted octanol–water partition coefficient (Wildman–Crippen LogP) is 1.35. The second-order valence-electron chi connectivity index (χ2n) is 4.96. The molecule has 1 aliphatic heterocycles. The van der Waals surface area contributed by atoms with E-state index in [9.17, 15) is 8.42 Å². The summed E-state index contributed by atoms with van der Waals surface area (Å²) >= 11 is 10.8. The molecule has 21 heavy (non-hydrogen) atoms. The van der Waals surface area contributed by atoms with E-state index >= 15 is 0 Å². The fourth-order valence-electron chi connectivity index (χ4n) is 2.28. The van der Waals surface area contributed by atoms with Gasteiger partial charge in [0.15, 0.2) is 0 Å². The number of likely N-dealkylation sites (tertiary alicyclic amines) is 1. The summed E-state index contributed by atoms with van der Waals surface area (Å²) < 4.78 is 27.2. The number of nitrogens with zero attached hydrogens (tertiary/aromatic N) is 1. The largest absolute Gasteiger partial charge is 0.389 e. The molecule has 0 atom stereocenters. The number of sulfonamides is 1. The topological polar surface area (TPSA) is 75.4 Å². The minimum absolute atomic E-state index is 0.0101. The first-order valence-electron chi connectivity index (χ1n) is 6.71. The minimum Gasteiger partial charge on any atom is -0.389 e. The third kappa shape index (κ3) is 4.37. The van der Waals surface area contributed by atoms with Gasteiger partial charge in [-0.25, -0.2) is 13.1 Å². The highest BCUT2D eigenvalue weighted by atomic mass is 35.5. The number of hydrogen-bond donors (Lipinski definition) is 2. The van der Waals surface area contributed by atoms with Crippen LogP contribution >= 0.6 is 23.8 Å². The Morgan fingerprint density at radius 3 is 2.67 bits per heavy atom. The van der Waals surface area contributed by atoms with Gasteiger partial charge in [0.25, 0.3) is 0 Å². The average Bonchev–Trinajstić information content (AvgIpc) is 2.91. The van der Waals surface area contributed by atoms with E-state index in [0.29, 0.717) is 18.7 Å². The summed E-state index contributed by atoms with van der Waals surface area (Å²) in [6.45, 7) is 3.11. The van der Waals surface area contributed by atoms with Crippen molar-refractivity contribution in [2.45, 2.75) is 17.7 Å². The Balaban J connectivity index is 2.07. The molecule has 0 amide bonds. The summed E-state index contributed by atoms with van der Waals surface area (Å²) in [6, 6.07) is 4.50. The lowest BCUT2D eigenvalue weighted by Crippen LogP contribution is -2.33. The summed E-state index contributed by atoms with van der Waals surface area (Å²) in [7, 11) is -3.66. The van der Waals surface area contributed by atoms with Gasteiger partial charge in [-0.1, -0.05) is 29.9 Å². The van der Waals surface area contributed by atoms with E-state index in [-0.39, 0.29) is 14.9 Å². The molecule has 0 aromatic heterocycles. The molecule has 0 unspecified atom stereocenters. The van der Waals surface area contributed by atoms with Crippen molar-refractivity contribution in [2.75, 3.05) is 26.2 Å². The zero-order chi connectivity index (χ0) is 15.5. The van der Waals surface area contributed by atoms with Crippen LogP contribution in [-0.4, -0.2) is 44.5 Å². The predicted molar refractivity (Wildman–Crippen MR) is 88.2 cm³/mol. The van der Waals surface area contributed by atoms with Gasteiger partial charge in [0, 0.05) is 18.7 Å². The van der Waals surface area contributed by atoms with E-state index in [4.69, 9.17) is 29.6 Å². The molecule has 0 radical (unpaired) electrons. The molecule has 116 valence electrons. The molecule has 0 saturated carbocycles. The maximum absolute atomic E-state index is 12.3. The zero-order valence-electron chi connectivity index (χ0n) is 11.5. The number of benzene rings is 1. The van der Waals surface area contributed by atoms with Crippen LogP contribution in [0.1, 0.15) is 18.4 Å². The van der Waals surface area contributed by atoms with Crippen molar-refractivity contribution in [3.63, 3.8) is 0 Å². The molecular weight excluding hydrogens is 330 g/mol. The molecule has 1 aromatic carbocycles. The molecule has 1 heterocycles. The quantitative estimate of drug-likeness (QED) is 0.760. The molecule has 0 aliphatic carbocycles. The summed E-state index contributed by atoms with van der Waals surface area (Å²) in [5.74, 6) is 0. The highest BCUT2D eigenvalue weighted by Crippen LogP contribution is 2.22. The lowest BCUT2D eigenvalue weighted by molar-refractivity contribution is 0.344. The van der Waals surface area contributed by atoms with E-state index in [1.807, 2.05) is 0 Å². The van der Waals surface area contributed by atoms with Gasteiger partial charge in [-0.3, -0.25) is 0 Å². The summed E-state index contributed by atoms with van der Waals surface area (Å²) in [4.78, 5) is 2.38. The van der Waals surface area contributed by atoms with Gasteiger partial charge in [0.1, 0.15) is 9.88 Å². The molecule has 3 N–H and O–H groups in total. The van der Waals surface area contributed by atoms with E-state index in [0.717, 1.165) is 13.1 Å².